The van der Waals surface area contributed by atoms with Gasteiger partial charge in [-0.25, -0.2) is 0 Å². The number of nitriles is 1. The standard InChI is InChI=1S/C17H19N3O/c1-4-10-20(11-5-2)13-15(12-18)17(21)19-16-8-6-14(3)7-9-16/h4-9,13H,1-2,10-11H2,3H3,(H,19,21)/b15-13-. The van der Waals surface area contributed by atoms with Gasteiger partial charge in [-0.2, -0.15) is 5.26 Å². The van der Waals surface area contributed by atoms with E-state index in [9.17, 15) is 4.79 Å². The molecule has 1 aromatic carbocycles. The Hall–Kier alpha value is -2.80. The molecule has 0 aromatic heterocycles. The molecule has 0 radical (unpaired) electrons. The highest BCUT2D eigenvalue weighted by atomic mass is 16.1. The number of amides is 1. The van der Waals surface area contributed by atoms with Crippen LogP contribution in [0.1, 0.15) is 5.56 Å². The summed E-state index contributed by atoms with van der Waals surface area (Å²) in [4.78, 5) is 13.9. The molecule has 4 heteroatoms. The first-order valence-electron chi connectivity index (χ1n) is 6.56. The number of benzene rings is 1. The predicted octanol–water partition coefficient (Wildman–Crippen LogP) is 3.02. The van der Waals surface area contributed by atoms with Crippen molar-refractivity contribution in [2.75, 3.05) is 18.4 Å². The maximum absolute atomic E-state index is 12.1. The quantitative estimate of drug-likeness (QED) is 0.475. The van der Waals surface area contributed by atoms with Gasteiger partial charge >= 0.3 is 0 Å². The molecule has 1 aromatic rings. The van der Waals surface area contributed by atoms with Gasteiger partial charge in [0.05, 0.1) is 0 Å². The Morgan fingerprint density at radius 1 is 1.29 bits per heavy atom. The van der Waals surface area contributed by atoms with Crippen molar-refractivity contribution in [1.29, 1.82) is 5.26 Å². The van der Waals surface area contributed by atoms with Crippen LogP contribution < -0.4 is 5.32 Å². The fraction of sp³-hybridized carbons (Fsp3) is 0.176. The van der Waals surface area contributed by atoms with Crippen LogP contribution in [-0.2, 0) is 4.79 Å². The Labute approximate surface area is 125 Å². The van der Waals surface area contributed by atoms with E-state index in [0.29, 0.717) is 18.8 Å². The molecule has 21 heavy (non-hydrogen) atoms. The summed E-state index contributed by atoms with van der Waals surface area (Å²) in [5.41, 5.74) is 1.80. The number of hydrogen-bond donors (Lipinski definition) is 1. The fourth-order valence-corrected chi connectivity index (χ4v) is 1.67. The van der Waals surface area contributed by atoms with Gasteiger partial charge < -0.3 is 10.2 Å². The van der Waals surface area contributed by atoms with Crippen molar-refractivity contribution in [2.24, 2.45) is 0 Å². The van der Waals surface area contributed by atoms with E-state index >= 15 is 0 Å². The first kappa shape index (κ1) is 16.3. The normalized spacial score (nSPS) is 10.4. The summed E-state index contributed by atoms with van der Waals surface area (Å²) in [6.45, 7) is 10.3. The summed E-state index contributed by atoms with van der Waals surface area (Å²) in [7, 11) is 0. The van der Waals surface area contributed by atoms with Crippen LogP contribution in [0.5, 0.6) is 0 Å². The van der Waals surface area contributed by atoms with Crippen LogP contribution in [0.4, 0.5) is 5.69 Å². The van der Waals surface area contributed by atoms with Gasteiger partial charge in [-0.05, 0) is 19.1 Å². The van der Waals surface area contributed by atoms with Gasteiger partial charge in [-0.15, -0.1) is 13.2 Å². The van der Waals surface area contributed by atoms with E-state index < -0.39 is 5.91 Å². The van der Waals surface area contributed by atoms with Gasteiger partial charge in [0.1, 0.15) is 11.6 Å². The topological polar surface area (TPSA) is 56.1 Å². The van der Waals surface area contributed by atoms with Crippen molar-refractivity contribution in [3.05, 3.63) is 66.9 Å². The molecule has 0 spiro atoms. The third kappa shape index (κ3) is 5.37. The van der Waals surface area contributed by atoms with E-state index in [1.54, 1.807) is 29.2 Å². The van der Waals surface area contributed by atoms with Crippen molar-refractivity contribution in [1.82, 2.24) is 4.90 Å². The first-order valence-corrected chi connectivity index (χ1v) is 6.56. The second-order valence-electron chi connectivity index (χ2n) is 4.51. The van der Waals surface area contributed by atoms with Gasteiger partial charge in [0, 0.05) is 25.0 Å². The van der Waals surface area contributed by atoms with Gasteiger partial charge in [-0.1, -0.05) is 29.8 Å². The fourth-order valence-electron chi connectivity index (χ4n) is 1.67. The Bertz CT molecular complexity index is 569. The maximum Gasteiger partial charge on any atom is 0.267 e. The molecule has 0 bridgehead atoms. The molecule has 0 saturated heterocycles. The Balaban J connectivity index is 2.84. The molecule has 0 aliphatic heterocycles. The van der Waals surface area contributed by atoms with Crippen molar-refractivity contribution in [3.8, 4) is 6.07 Å². The van der Waals surface area contributed by atoms with Crippen LogP contribution in [0.2, 0.25) is 0 Å². The molecule has 108 valence electrons. The number of rotatable bonds is 7. The molecule has 0 heterocycles. The molecular formula is C17H19N3O. The minimum absolute atomic E-state index is 0.0410. The van der Waals surface area contributed by atoms with E-state index in [2.05, 4.69) is 18.5 Å². The van der Waals surface area contributed by atoms with Crippen LogP contribution in [-0.4, -0.2) is 23.9 Å². The molecule has 0 aliphatic carbocycles. The van der Waals surface area contributed by atoms with Crippen LogP contribution >= 0.6 is 0 Å². The smallest absolute Gasteiger partial charge is 0.267 e. The maximum atomic E-state index is 12.1. The minimum atomic E-state index is -0.431. The zero-order valence-electron chi connectivity index (χ0n) is 12.2. The Kier molecular flexibility index (Phi) is 6.49. The molecule has 1 amide bonds. The van der Waals surface area contributed by atoms with Crippen LogP contribution in [0, 0.1) is 18.3 Å². The molecule has 0 atom stereocenters. The summed E-state index contributed by atoms with van der Waals surface area (Å²) in [6, 6.07) is 9.31. The number of hydrogen-bond acceptors (Lipinski definition) is 3. The summed E-state index contributed by atoms with van der Waals surface area (Å²) in [5, 5.41) is 11.8. The summed E-state index contributed by atoms with van der Waals surface area (Å²) in [5.74, 6) is -0.431. The summed E-state index contributed by atoms with van der Waals surface area (Å²) in [6.07, 6.45) is 4.92. The molecule has 1 N–H and O–H groups in total. The minimum Gasteiger partial charge on any atom is -0.369 e. The van der Waals surface area contributed by atoms with E-state index in [0.717, 1.165) is 5.56 Å². The third-order valence-corrected chi connectivity index (χ3v) is 2.71. The van der Waals surface area contributed by atoms with Crippen molar-refractivity contribution < 1.29 is 4.79 Å². The van der Waals surface area contributed by atoms with E-state index in [1.165, 1.54) is 6.20 Å². The molecular weight excluding hydrogens is 262 g/mol. The molecule has 0 aliphatic rings. The average molecular weight is 281 g/mol. The van der Waals surface area contributed by atoms with Gasteiger partial charge in [0.15, 0.2) is 0 Å². The first-order chi connectivity index (χ1) is 10.1. The Morgan fingerprint density at radius 2 is 1.86 bits per heavy atom. The number of carbonyl (C=O) groups is 1. The highest BCUT2D eigenvalue weighted by molar-refractivity contribution is 6.06. The second kappa shape index (κ2) is 8.39. The van der Waals surface area contributed by atoms with Crippen molar-refractivity contribution >= 4 is 11.6 Å². The number of carbonyl (C=O) groups excluding carboxylic acids is 1. The van der Waals surface area contributed by atoms with Crippen LogP contribution in [0.25, 0.3) is 0 Å². The highest BCUT2D eigenvalue weighted by Crippen LogP contribution is 2.10. The van der Waals surface area contributed by atoms with Crippen LogP contribution in [0.3, 0.4) is 0 Å². The predicted molar refractivity (Wildman–Crippen MR) is 85.5 cm³/mol. The molecule has 0 unspecified atom stereocenters. The number of aryl methyl sites for hydroxylation is 1. The lowest BCUT2D eigenvalue weighted by atomic mass is 10.2. The number of nitrogens with one attached hydrogen (secondary N) is 1. The van der Waals surface area contributed by atoms with E-state index in [-0.39, 0.29) is 5.57 Å². The van der Waals surface area contributed by atoms with Gasteiger partial charge in [-0.3, -0.25) is 4.79 Å². The highest BCUT2D eigenvalue weighted by Gasteiger charge is 2.10. The average Bonchev–Trinajstić information content (AvgIpc) is 2.47. The third-order valence-electron chi connectivity index (χ3n) is 2.71. The van der Waals surface area contributed by atoms with Crippen molar-refractivity contribution in [2.45, 2.75) is 6.92 Å². The lowest BCUT2D eigenvalue weighted by Crippen LogP contribution is -2.21. The molecule has 1 rings (SSSR count). The lowest BCUT2D eigenvalue weighted by Gasteiger charge is -2.16. The van der Waals surface area contributed by atoms with E-state index in [1.807, 2.05) is 25.1 Å². The largest absolute Gasteiger partial charge is 0.369 e. The van der Waals surface area contributed by atoms with Gasteiger partial charge in [0.2, 0.25) is 0 Å². The zero-order valence-corrected chi connectivity index (χ0v) is 12.2. The monoisotopic (exact) mass is 281 g/mol. The zero-order chi connectivity index (χ0) is 15.7. The summed E-state index contributed by atoms with van der Waals surface area (Å²) >= 11 is 0. The van der Waals surface area contributed by atoms with Crippen LogP contribution in [0.15, 0.2) is 61.3 Å². The number of nitrogens with zero attached hydrogens (tertiary/aromatic N) is 2. The van der Waals surface area contributed by atoms with E-state index in [4.69, 9.17) is 5.26 Å². The van der Waals surface area contributed by atoms with Crippen molar-refractivity contribution in [3.63, 3.8) is 0 Å². The van der Waals surface area contributed by atoms with Gasteiger partial charge in [0.25, 0.3) is 5.91 Å². The Morgan fingerprint density at radius 3 is 2.33 bits per heavy atom. The summed E-state index contributed by atoms with van der Waals surface area (Å²) < 4.78 is 0. The lowest BCUT2D eigenvalue weighted by molar-refractivity contribution is -0.112. The molecule has 0 fully saturated rings. The molecule has 0 saturated carbocycles. The second-order valence-corrected chi connectivity index (χ2v) is 4.51. The molecule has 4 nitrogen and oxygen atoms in total. The SMILES string of the molecule is C=CCN(/C=C(/C#N)C(=O)Nc1ccc(C)cc1)CC=C. The number of anilines is 1.